The molecule has 0 spiro atoms. The number of carboxylic acids is 1. The average Bonchev–Trinajstić information content (AvgIpc) is 3.14. The van der Waals surface area contributed by atoms with Crippen molar-refractivity contribution in [3.8, 4) is 0 Å². The predicted molar refractivity (Wildman–Crippen MR) is 115 cm³/mol. The van der Waals surface area contributed by atoms with E-state index in [1.807, 2.05) is 6.07 Å². The highest BCUT2D eigenvalue weighted by Crippen LogP contribution is 2.25. The number of aromatic amines is 1. The minimum absolute atomic E-state index is 0.135. The summed E-state index contributed by atoms with van der Waals surface area (Å²) in [4.78, 5) is 19.1. The number of hydrogen-bond donors (Lipinski definition) is 3. The van der Waals surface area contributed by atoms with Crippen molar-refractivity contribution in [2.75, 3.05) is 4.72 Å². The summed E-state index contributed by atoms with van der Waals surface area (Å²) in [5.41, 5.74) is 1.80. The van der Waals surface area contributed by atoms with E-state index in [4.69, 9.17) is 0 Å². The number of nitrogens with one attached hydrogen (secondary N) is 2. The molecule has 2 aromatic carbocycles. The van der Waals surface area contributed by atoms with Gasteiger partial charge in [0.05, 0.1) is 10.5 Å². The molecule has 4 aromatic rings. The van der Waals surface area contributed by atoms with Gasteiger partial charge in [0, 0.05) is 17.1 Å². The van der Waals surface area contributed by atoms with Crippen LogP contribution < -0.4 is 4.72 Å². The Morgan fingerprint density at radius 2 is 1.63 bits per heavy atom. The van der Waals surface area contributed by atoms with Crippen molar-refractivity contribution in [1.82, 2.24) is 9.97 Å². The Morgan fingerprint density at radius 3 is 2.30 bits per heavy atom. The molecule has 0 amide bonds. The highest BCUT2D eigenvalue weighted by molar-refractivity contribution is 7.92. The molecule has 0 fully saturated rings. The zero-order chi connectivity index (χ0) is 21.1. The van der Waals surface area contributed by atoms with Crippen molar-refractivity contribution in [1.29, 1.82) is 0 Å². The van der Waals surface area contributed by atoms with E-state index in [0.717, 1.165) is 0 Å². The molecule has 3 N–H and O–H groups in total. The zero-order valence-corrected chi connectivity index (χ0v) is 16.4. The van der Waals surface area contributed by atoms with Crippen LogP contribution in [0.1, 0.15) is 11.1 Å². The van der Waals surface area contributed by atoms with Gasteiger partial charge in [-0.2, -0.15) is 0 Å². The van der Waals surface area contributed by atoms with Crippen molar-refractivity contribution >= 4 is 44.5 Å². The van der Waals surface area contributed by atoms with E-state index < -0.39 is 16.0 Å². The summed E-state index contributed by atoms with van der Waals surface area (Å²) >= 11 is 0. The number of rotatable bonds is 6. The van der Waals surface area contributed by atoms with E-state index >= 15 is 0 Å². The number of nitrogens with zero attached hydrogens (tertiary/aromatic N) is 1. The first kappa shape index (κ1) is 19.4. The van der Waals surface area contributed by atoms with Crippen LogP contribution in [-0.4, -0.2) is 29.5 Å². The van der Waals surface area contributed by atoms with Crippen LogP contribution in [0.25, 0.3) is 22.7 Å². The van der Waals surface area contributed by atoms with E-state index in [2.05, 4.69) is 14.7 Å². The first-order valence-corrected chi connectivity index (χ1v) is 10.5. The molecule has 0 unspecified atom stereocenters. The van der Waals surface area contributed by atoms with Crippen molar-refractivity contribution in [2.24, 2.45) is 0 Å². The summed E-state index contributed by atoms with van der Waals surface area (Å²) in [7, 11) is -3.76. The van der Waals surface area contributed by atoms with Gasteiger partial charge < -0.3 is 10.1 Å². The number of H-pyrrole nitrogens is 1. The van der Waals surface area contributed by atoms with Gasteiger partial charge in [-0.3, -0.25) is 4.72 Å². The molecule has 0 bridgehead atoms. The molecule has 8 heteroatoms. The molecule has 150 valence electrons. The van der Waals surface area contributed by atoms with E-state index in [9.17, 15) is 18.3 Å². The van der Waals surface area contributed by atoms with Gasteiger partial charge in [-0.15, -0.1) is 0 Å². The van der Waals surface area contributed by atoms with Crippen LogP contribution in [0.3, 0.4) is 0 Å². The molecule has 2 aromatic heterocycles. The van der Waals surface area contributed by atoms with Gasteiger partial charge in [-0.05, 0) is 35.9 Å². The van der Waals surface area contributed by atoms with Gasteiger partial charge in [0.15, 0.2) is 0 Å². The van der Waals surface area contributed by atoms with Gasteiger partial charge in [-0.1, -0.05) is 48.5 Å². The maximum Gasteiger partial charge on any atom is 0.336 e. The maximum absolute atomic E-state index is 12.5. The lowest BCUT2D eigenvalue weighted by atomic mass is 10.0. The van der Waals surface area contributed by atoms with Crippen LogP contribution in [-0.2, 0) is 14.8 Å². The summed E-state index contributed by atoms with van der Waals surface area (Å²) in [5, 5.41) is 10.3. The second kappa shape index (κ2) is 7.84. The van der Waals surface area contributed by atoms with Crippen LogP contribution in [0.15, 0.2) is 83.9 Å². The summed E-state index contributed by atoms with van der Waals surface area (Å²) in [6.07, 6.45) is 3.20. The highest BCUT2D eigenvalue weighted by Gasteiger charge is 2.16. The zero-order valence-electron chi connectivity index (χ0n) is 15.6. The molecule has 4 rings (SSSR count). The van der Waals surface area contributed by atoms with E-state index in [1.165, 1.54) is 18.2 Å². The highest BCUT2D eigenvalue weighted by atomic mass is 32.2. The summed E-state index contributed by atoms with van der Waals surface area (Å²) in [5.74, 6) is -0.888. The standard InChI is InChI=1S/C22H17N3O4S/c26-22(27)19(15-7-3-1-4-8-15)13-16-14-23-21-18(16)11-12-20(24-21)25-30(28,29)17-9-5-2-6-10-17/h1-14H,(H,26,27)(H2,23,24,25)/b19-13-. The van der Waals surface area contributed by atoms with E-state index in [0.29, 0.717) is 22.2 Å². The van der Waals surface area contributed by atoms with Gasteiger partial charge in [0.2, 0.25) is 0 Å². The fourth-order valence-corrected chi connectivity index (χ4v) is 4.06. The quantitative estimate of drug-likeness (QED) is 0.409. The molecule has 0 radical (unpaired) electrons. The monoisotopic (exact) mass is 419 g/mol. The second-order valence-corrected chi connectivity index (χ2v) is 8.17. The fourth-order valence-electron chi connectivity index (χ4n) is 3.04. The third-order valence-corrected chi connectivity index (χ3v) is 5.85. The number of carboxylic acid groups (broad SMARTS) is 1. The maximum atomic E-state index is 12.5. The average molecular weight is 419 g/mol. The molecule has 0 aliphatic carbocycles. The molecule has 30 heavy (non-hydrogen) atoms. The minimum Gasteiger partial charge on any atom is -0.478 e. The van der Waals surface area contributed by atoms with Crippen LogP contribution in [0, 0.1) is 0 Å². The number of aromatic nitrogens is 2. The SMILES string of the molecule is O=C(O)/C(=C\c1c[nH]c2nc(NS(=O)(=O)c3ccccc3)ccc12)c1ccccc1. The lowest BCUT2D eigenvalue weighted by Gasteiger charge is -2.07. The fraction of sp³-hybridized carbons (Fsp3) is 0. The number of aliphatic carboxylic acids is 1. The summed E-state index contributed by atoms with van der Waals surface area (Å²) in [6.45, 7) is 0. The molecule has 0 aliphatic rings. The molecule has 0 aliphatic heterocycles. The Hall–Kier alpha value is -3.91. The minimum atomic E-state index is -3.76. The Morgan fingerprint density at radius 1 is 0.967 bits per heavy atom. The Bertz CT molecular complexity index is 1350. The topological polar surface area (TPSA) is 112 Å². The number of anilines is 1. The molecule has 0 atom stereocenters. The largest absolute Gasteiger partial charge is 0.478 e. The number of sulfonamides is 1. The van der Waals surface area contributed by atoms with E-state index in [1.54, 1.807) is 60.8 Å². The lowest BCUT2D eigenvalue weighted by Crippen LogP contribution is -2.13. The van der Waals surface area contributed by atoms with Gasteiger partial charge in [-0.25, -0.2) is 18.2 Å². The van der Waals surface area contributed by atoms with Crippen LogP contribution in [0.4, 0.5) is 5.82 Å². The Kier molecular flexibility index (Phi) is 5.07. The van der Waals surface area contributed by atoms with Crippen LogP contribution in [0.5, 0.6) is 0 Å². The van der Waals surface area contributed by atoms with Gasteiger partial charge >= 0.3 is 5.97 Å². The van der Waals surface area contributed by atoms with Crippen LogP contribution >= 0.6 is 0 Å². The summed E-state index contributed by atoms with van der Waals surface area (Å²) < 4.78 is 27.4. The van der Waals surface area contributed by atoms with Gasteiger partial charge in [0.1, 0.15) is 11.5 Å². The number of pyridine rings is 1. The van der Waals surface area contributed by atoms with Crippen LogP contribution in [0.2, 0.25) is 0 Å². The lowest BCUT2D eigenvalue weighted by molar-refractivity contribution is -0.130. The number of fused-ring (bicyclic) bond motifs is 1. The molecule has 2 heterocycles. The van der Waals surface area contributed by atoms with Crippen molar-refractivity contribution in [2.45, 2.75) is 4.90 Å². The molecule has 0 saturated carbocycles. The van der Waals surface area contributed by atoms with Crippen molar-refractivity contribution in [3.63, 3.8) is 0 Å². The molecular formula is C22H17N3O4S. The Labute approximate surface area is 172 Å². The first-order valence-electron chi connectivity index (χ1n) is 9.00. The predicted octanol–water partition coefficient (Wildman–Crippen LogP) is 3.99. The first-order chi connectivity index (χ1) is 14.4. The molecule has 0 saturated heterocycles. The molecular weight excluding hydrogens is 402 g/mol. The normalized spacial score (nSPS) is 12.1. The van der Waals surface area contributed by atoms with E-state index in [-0.39, 0.29) is 16.3 Å². The van der Waals surface area contributed by atoms with Crippen molar-refractivity contribution in [3.05, 3.63) is 90.1 Å². The Balaban J connectivity index is 1.68. The summed E-state index contributed by atoms with van der Waals surface area (Å²) in [6, 6.07) is 20.0. The van der Waals surface area contributed by atoms with Gasteiger partial charge in [0.25, 0.3) is 10.0 Å². The third kappa shape index (κ3) is 3.94. The smallest absolute Gasteiger partial charge is 0.336 e. The number of carbonyl (C=O) groups is 1. The van der Waals surface area contributed by atoms with Crippen molar-refractivity contribution < 1.29 is 18.3 Å². The second-order valence-electron chi connectivity index (χ2n) is 6.48. The number of benzene rings is 2. The molecule has 7 nitrogen and oxygen atoms in total. The number of hydrogen-bond acceptors (Lipinski definition) is 4. The third-order valence-electron chi connectivity index (χ3n) is 4.48.